The Morgan fingerprint density at radius 3 is 2.70 bits per heavy atom. The first-order chi connectivity index (χ1) is 9.72. The average Bonchev–Trinajstić information content (AvgIpc) is 2.90. The van der Waals surface area contributed by atoms with Crippen LogP contribution in [-0.4, -0.2) is 22.6 Å². The number of benzene rings is 1. The van der Waals surface area contributed by atoms with E-state index < -0.39 is 5.97 Å². The predicted octanol–water partition coefficient (Wildman–Crippen LogP) is 2.21. The van der Waals surface area contributed by atoms with Crippen molar-refractivity contribution in [1.29, 1.82) is 0 Å². The van der Waals surface area contributed by atoms with E-state index in [4.69, 9.17) is 4.74 Å². The molecule has 1 aromatic heterocycles. The maximum atomic E-state index is 11.1. The predicted molar refractivity (Wildman–Crippen MR) is 73.7 cm³/mol. The molecule has 0 aliphatic carbocycles. The summed E-state index contributed by atoms with van der Waals surface area (Å²) in [5.41, 5.74) is 0.955. The molecule has 20 heavy (non-hydrogen) atoms. The quantitative estimate of drug-likeness (QED) is 0.476. The van der Waals surface area contributed by atoms with Gasteiger partial charge in [0.15, 0.2) is 11.9 Å². The van der Waals surface area contributed by atoms with Gasteiger partial charge in [0.05, 0.1) is 19.4 Å². The summed E-state index contributed by atoms with van der Waals surface area (Å²) in [7, 11) is 3.21. The SMILES string of the molecule is COC(=O)/C=C/OC(c1ccccc1)c1nccn1C. The summed E-state index contributed by atoms with van der Waals surface area (Å²) in [4.78, 5) is 15.4. The molecule has 2 aromatic rings. The van der Waals surface area contributed by atoms with E-state index in [2.05, 4.69) is 9.72 Å². The molecular weight excluding hydrogens is 256 g/mol. The third kappa shape index (κ3) is 3.26. The minimum Gasteiger partial charge on any atom is -0.485 e. The van der Waals surface area contributed by atoms with Crippen molar-refractivity contribution in [2.75, 3.05) is 7.11 Å². The van der Waals surface area contributed by atoms with Gasteiger partial charge in [-0.15, -0.1) is 0 Å². The number of ether oxygens (including phenoxy) is 2. The van der Waals surface area contributed by atoms with Gasteiger partial charge in [0.2, 0.25) is 0 Å². The van der Waals surface area contributed by atoms with Gasteiger partial charge in [-0.25, -0.2) is 9.78 Å². The Bertz CT molecular complexity index is 590. The Morgan fingerprint density at radius 2 is 2.10 bits per heavy atom. The van der Waals surface area contributed by atoms with E-state index in [1.165, 1.54) is 19.4 Å². The van der Waals surface area contributed by atoms with Crippen LogP contribution in [0.2, 0.25) is 0 Å². The molecule has 2 rings (SSSR count). The highest BCUT2D eigenvalue weighted by Gasteiger charge is 2.18. The highest BCUT2D eigenvalue weighted by Crippen LogP contribution is 2.24. The highest BCUT2D eigenvalue weighted by atomic mass is 16.5. The van der Waals surface area contributed by atoms with Gasteiger partial charge in [-0.3, -0.25) is 0 Å². The number of aromatic nitrogens is 2. The topological polar surface area (TPSA) is 53.4 Å². The second-order valence-electron chi connectivity index (χ2n) is 4.15. The fraction of sp³-hybridized carbons (Fsp3) is 0.200. The van der Waals surface area contributed by atoms with Crippen LogP contribution in [0.4, 0.5) is 0 Å². The summed E-state index contributed by atoms with van der Waals surface area (Å²) in [6.07, 6.45) is 5.74. The molecule has 0 fully saturated rings. The van der Waals surface area contributed by atoms with Crippen molar-refractivity contribution in [3.63, 3.8) is 0 Å². The van der Waals surface area contributed by atoms with Crippen LogP contribution in [0.3, 0.4) is 0 Å². The Kier molecular flexibility index (Phi) is 4.55. The molecule has 0 saturated carbocycles. The number of esters is 1. The first-order valence-electron chi connectivity index (χ1n) is 6.14. The Morgan fingerprint density at radius 1 is 1.35 bits per heavy atom. The number of aryl methyl sites for hydroxylation is 1. The van der Waals surface area contributed by atoms with Crippen molar-refractivity contribution in [3.8, 4) is 0 Å². The Labute approximate surface area is 117 Å². The molecule has 0 bridgehead atoms. The second-order valence-corrected chi connectivity index (χ2v) is 4.15. The molecule has 104 valence electrons. The largest absolute Gasteiger partial charge is 0.485 e. The summed E-state index contributed by atoms with van der Waals surface area (Å²) in [6.45, 7) is 0. The van der Waals surface area contributed by atoms with E-state index in [1.807, 2.05) is 48.1 Å². The number of nitrogens with zero attached hydrogens (tertiary/aromatic N) is 2. The Balaban J connectivity index is 2.24. The number of hydrogen-bond donors (Lipinski definition) is 0. The minimum atomic E-state index is -0.461. The number of carbonyl (C=O) groups is 1. The lowest BCUT2D eigenvalue weighted by molar-refractivity contribution is -0.135. The summed E-state index contributed by atoms with van der Waals surface area (Å²) in [5, 5.41) is 0. The second kappa shape index (κ2) is 6.56. The normalized spacial score (nSPS) is 12.3. The number of hydrogen-bond acceptors (Lipinski definition) is 4. The zero-order valence-electron chi connectivity index (χ0n) is 11.4. The van der Waals surface area contributed by atoms with E-state index in [0.717, 1.165) is 11.4 Å². The van der Waals surface area contributed by atoms with Gasteiger partial charge in [-0.2, -0.15) is 0 Å². The molecule has 1 unspecified atom stereocenters. The molecule has 5 heteroatoms. The third-order valence-corrected chi connectivity index (χ3v) is 2.82. The molecule has 1 atom stereocenters. The highest BCUT2D eigenvalue weighted by molar-refractivity contribution is 5.81. The molecule has 0 aliphatic rings. The molecule has 1 heterocycles. The van der Waals surface area contributed by atoms with Crippen LogP contribution in [-0.2, 0) is 21.3 Å². The maximum Gasteiger partial charge on any atom is 0.333 e. The van der Waals surface area contributed by atoms with Crippen molar-refractivity contribution < 1.29 is 14.3 Å². The van der Waals surface area contributed by atoms with Gasteiger partial charge in [0, 0.05) is 19.4 Å². The third-order valence-electron chi connectivity index (χ3n) is 2.82. The van der Waals surface area contributed by atoms with Crippen molar-refractivity contribution in [3.05, 3.63) is 66.5 Å². The van der Waals surface area contributed by atoms with Crippen LogP contribution >= 0.6 is 0 Å². The van der Waals surface area contributed by atoms with Crippen LogP contribution in [0, 0.1) is 0 Å². The van der Waals surface area contributed by atoms with E-state index in [-0.39, 0.29) is 6.10 Å². The first-order valence-corrected chi connectivity index (χ1v) is 6.14. The van der Waals surface area contributed by atoms with Gasteiger partial charge in [-0.05, 0) is 5.56 Å². The fourth-order valence-corrected chi connectivity index (χ4v) is 1.79. The van der Waals surface area contributed by atoms with Crippen LogP contribution in [0.5, 0.6) is 0 Å². The Hall–Kier alpha value is -2.56. The molecular formula is C15H16N2O3. The molecule has 0 amide bonds. The van der Waals surface area contributed by atoms with Crippen LogP contribution in [0.1, 0.15) is 17.5 Å². The van der Waals surface area contributed by atoms with Crippen molar-refractivity contribution in [2.45, 2.75) is 6.10 Å². The standard InChI is InChI=1S/C15H16N2O3/c1-17-10-9-16-15(17)14(12-6-4-3-5-7-12)20-11-8-13(18)19-2/h3-11,14H,1-2H3/b11-8+. The molecule has 0 spiro atoms. The molecule has 0 saturated heterocycles. The number of carbonyl (C=O) groups excluding carboxylic acids is 1. The molecule has 0 radical (unpaired) electrons. The van der Waals surface area contributed by atoms with Gasteiger partial charge < -0.3 is 14.0 Å². The summed E-state index contributed by atoms with van der Waals surface area (Å²) >= 11 is 0. The van der Waals surface area contributed by atoms with Gasteiger partial charge in [-0.1, -0.05) is 30.3 Å². The van der Waals surface area contributed by atoms with Gasteiger partial charge in [0.1, 0.15) is 0 Å². The van der Waals surface area contributed by atoms with E-state index in [9.17, 15) is 4.79 Å². The molecule has 0 aliphatic heterocycles. The average molecular weight is 272 g/mol. The molecule has 5 nitrogen and oxygen atoms in total. The number of rotatable bonds is 5. The zero-order chi connectivity index (χ0) is 14.4. The summed E-state index contributed by atoms with van der Waals surface area (Å²) < 4.78 is 12.1. The van der Waals surface area contributed by atoms with Crippen molar-refractivity contribution in [1.82, 2.24) is 9.55 Å². The number of methoxy groups -OCH3 is 1. The van der Waals surface area contributed by atoms with Gasteiger partial charge >= 0.3 is 5.97 Å². The van der Waals surface area contributed by atoms with E-state index in [0.29, 0.717) is 0 Å². The zero-order valence-corrected chi connectivity index (χ0v) is 11.4. The van der Waals surface area contributed by atoms with Crippen molar-refractivity contribution >= 4 is 5.97 Å². The van der Waals surface area contributed by atoms with Crippen LogP contribution in [0.25, 0.3) is 0 Å². The smallest absolute Gasteiger partial charge is 0.333 e. The fourth-order valence-electron chi connectivity index (χ4n) is 1.79. The first kappa shape index (κ1) is 13.9. The van der Waals surface area contributed by atoms with Crippen LogP contribution in [0.15, 0.2) is 55.1 Å². The molecule has 0 N–H and O–H groups in total. The van der Waals surface area contributed by atoms with Crippen molar-refractivity contribution in [2.24, 2.45) is 7.05 Å². The lowest BCUT2D eigenvalue weighted by Gasteiger charge is -2.16. The van der Waals surface area contributed by atoms with E-state index >= 15 is 0 Å². The maximum absolute atomic E-state index is 11.1. The van der Waals surface area contributed by atoms with E-state index in [1.54, 1.807) is 6.20 Å². The number of imidazole rings is 1. The van der Waals surface area contributed by atoms with Gasteiger partial charge in [0.25, 0.3) is 0 Å². The summed E-state index contributed by atoms with van der Waals surface area (Å²) in [5.74, 6) is 0.294. The minimum absolute atomic E-state index is 0.378. The monoisotopic (exact) mass is 272 g/mol. The van der Waals surface area contributed by atoms with Crippen LogP contribution < -0.4 is 0 Å². The summed E-state index contributed by atoms with van der Waals surface area (Å²) in [6, 6.07) is 9.69. The lowest BCUT2D eigenvalue weighted by atomic mass is 10.1. The molecule has 1 aromatic carbocycles. The lowest BCUT2D eigenvalue weighted by Crippen LogP contribution is -2.09.